The smallest absolute Gasteiger partial charge is 0.306 e. The number of hydrogen-bond donors (Lipinski definition) is 0. The van der Waals surface area contributed by atoms with Crippen molar-refractivity contribution in [1.82, 2.24) is 0 Å². The zero-order chi connectivity index (χ0) is 21.2. The van der Waals surface area contributed by atoms with Crippen LogP contribution in [0.1, 0.15) is 43.2 Å². The molecule has 0 saturated carbocycles. The largest absolute Gasteiger partial charge is 0.461 e. The second-order valence-corrected chi connectivity index (χ2v) is 7.51. The summed E-state index contributed by atoms with van der Waals surface area (Å²) in [5.74, 6) is -0.750. The Morgan fingerprint density at radius 3 is 2.37 bits per heavy atom. The van der Waals surface area contributed by atoms with E-state index in [4.69, 9.17) is 4.74 Å². The van der Waals surface area contributed by atoms with E-state index in [0.717, 1.165) is 29.5 Å². The van der Waals surface area contributed by atoms with Gasteiger partial charge in [-0.1, -0.05) is 91.9 Å². The molecule has 0 spiro atoms. The highest BCUT2D eigenvalue weighted by Gasteiger charge is 2.29. The summed E-state index contributed by atoms with van der Waals surface area (Å²) < 4.78 is 5.43. The third-order valence-corrected chi connectivity index (χ3v) is 5.36. The fourth-order valence-corrected chi connectivity index (χ4v) is 3.65. The Balaban J connectivity index is 1.64. The normalized spacial score (nSPS) is 15.4. The summed E-state index contributed by atoms with van der Waals surface area (Å²) in [7, 11) is 0. The maximum Gasteiger partial charge on any atom is 0.306 e. The first-order valence-electron chi connectivity index (χ1n) is 10.5. The van der Waals surface area contributed by atoms with Crippen LogP contribution in [0.15, 0.2) is 90.5 Å². The molecule has 1 aliphatic carbocycles. The maximum absolute atomic E-state index is 13.0. The van der Waals surface area contributed by atoms with Crippen LogP contribution in [-0.2, 0) is 14.3 Å². The lowest BCUT2D eigenvalue weighted by atomic mass is 9.79. The van der Waals surface area contributed by atoms with Crippen LogP contribution in [-0.4, -0.2) is 18.4 Å². The van der Waals surface area contributed by atoms with Crippen molar-refractivity contribution in [2.45, 2.75) is 32.1 Å². The SMILES string of the molecule is CC(C(=O)C1=CCCC=C1)C(CC(=O)OC/C=C/c1ccccc1)c1ccccc1. The molecule has 0 aromatic heterocycles. The van der Waals surface area contributed by atoms with Gasteiger partial charge in [0.25, 0.3) is 0 Å². The minimum Gasteiger partial charge on any atom is -0.461 e. The van der Waals surface area contributed by atoms with Gasteiger partial charge in [0, 0.05) is 17.4 Å². The lowest BCUT2D eigenvalue weighted by molar-refractivity contribution is -0.143. The first-order chi connectivity index (χ1) is 14.6. The Bertz CT molecular complexity index is 923. The van der Waals surface area contributed by atoms with Crippen molar-refractivity contribution in [3.8, 4) is 0 Å². The van der Waals surface area contributed by atoms with E-state index in [1.54, 1.807) is 0 Å². The monoisotopic (exact) mass is 400 g/mol. The van der Waals surface area contributed by atoms with Crippen molar-refractivity contribution in [3.05, 3.63) is 102 Å². The zero-order valence-corrected chi connectivity index (χ0v) is 17.4. The van der Waals surface area contributed by atoms with Gasteiger partial charge in [0.1, 0.15) is 6.61 Å². The van der Waals surface area contributed by atoms with E-state index in [9.17, 15) is 9.59 Å². The van der Waals surface area contributed by atoms with E-state index in [0.29, 0.717) is 0 Å². The van der Waals surface area contributed by atoms with E-state index < -0.39 is 0 Å². The van der Waals surface area contributed by atoms with Gasteiger partial charge in [-0.25, -0.2) is 0 Å². The highest BCUT2D eigenvalue weighted by atomic mass is 16.5. The summed E-state index contributed by atoms with van der Waals surface area (Å²) in [5.41, 5.74) is 2.79. The Morgan fingerprint density at radius 2 is 1.70 bits per heavy atom. The van der Waals surface area contributed by atoms with Crippen molar-refractivity contribution < 1.29 is 14.3 Å². The summed E-state index contributed by atoms with van der Waals surface area (Å²) in [6.45, 7) is 2.12. The average Bonchev–Trinajstić information content (AvgIpc) is 2.81. The van der Waals surface area contributed by atoms with E-state index in [1.807, 2.05) is 98.0 Å². The molecule has 2 aromatic rings. The second kappa shape index (κ2) is 11.1. The summed E-state index contributed by atoms with van der Waals surface area (Å²) in [6, 6.07) is 19.6. The number of Topliss-reactive ketones (excluding diaryl/α,β-unsaturated/α-hetero) is 1. The van der Waals surface area contributed by atoms with Gasteiger partial charge in [-0.15, -0.1) is 0 Å². The maximum atomic E-state index is 13.0. The molecule has 0 amide bonds. The Kier molecular flexibility index (Phi) is 7.96. The van der Waals surface area contributed by atoms with Crippen molar-refractivity contribution in [3.63, 3.8) is 0 Å². The van der Waals surface area contributed by atoms with Crippen molar-refractivity contribution >= 4 is 17.8 Å². The van der Waals surface area contributed by atoms with Gasteiger partial charge in [-0.2, -0.15) is 0 Å². The zero-order valence-electron chi connectivity index (χ0n) is 17.4. The molecule has 0 radical (unpaired) electrons. The van der Waals surface area contributed by atoms with Gasteiger partial charge in [0.2, 0.25) is 0 Å². The second-order valence-electron chi connectivity index (χ2n) is 7.51. The van der Waals surface area contributed by atoms with Crippen LogP contribution in [0, 0.1) is 5.92 Å². The molecule has 2 unspecified atom stereocenters. The summed E-state index contributed by atoms with van der Waals surface area (Å²) >= 11 is 0. The molecule has 30 heavy (non-hydrogen) atoms. The van der Waals surface area contributed by atoms with Crippen LogP contribution < -0.4 is 0 Å². The molecule has 0 bridgehead atoms. The van der Waals surface area contributed by atoms with Gasteiger partial charge in [-0.05, 0) is 30.0 Å². The predicted molar refractivity (Wildman–Crippen MR) is 121 cm³/mol. The first kappa shape index (κ1) is 21.5. The number of benzene rings is 2. The Labute approximate surface area is 178 Å². The predicted octanol–water partition coefficient (Wildman–Crippen LogP) is 5.90. The molecule has 3 nitrogen and oxygen atoms in total. The van der Waals surface area contributed by atoms with E-state index >= 15 is 0 Å². The Hall–Kier alpha value is -3.20. The van der Waals surface area contributed by atoms with E-state index in [-0.39, 0.29) is 36.6 Å². The lowest BCUT2D eigenvalue weighted by Gasteiger charge is -2.23. The van der Waals surface area contributed by atoms with E-state index in [2.05, 4.69) is 0 Å². The number of carbonyl (C=O) groups is 2. The molecule has 2 aromatic carbocycles. The highest BCUT2D eigenvalue weighted by Crippen LogP contribution is 2.31. The van der Waals surface area contributed by atoms with Crippen LogP contribution in [0.25, 0.3) is 6.08 Å². The molecule has 3 rings (SSSR count). The third kappa shape index (κ3) is 6.15. The third-order valence-electron chi connectivity index (χ3n) is 5.36. The molecule has 0 aliphatic heterocycles. The standard InChI is InChI=1S/C27H28O3/c1-21(27(29)24-17-9-4-10-18-24)25(23-15-7-3-8-16-23)20-26(28)30-19-11-14-22-12-5-2-6-13-22/h2-3,5-9,11-18,21,25H,4,10,19-20H2,1H3/b14-11+. The minimum atomic E-state index is -0.311. The molecule has 2 atom stereocenters. The number of ketones is 1. The van der Waals surface area contributed by atoms with Crippen LogP contribution in [0.3, 0.4) is 0 Å². The highest BCUT2D eigenvalue weighted by molar-refractivity contribution is 6.00. The number of rotatable bonds is 9. The van der Waals surface area contributed by atoms with Gasteiger partial charge in [0.15, 0.2) is 5.78 Å². The van der Waals surface area contributed by atoms with Gasteiger partial charge < -0.3 is 4.74 Å². The molecule has 0 heterocycles. The van der Waals surface area contributed by atoms with Crippen molar-refractivity contribution in [1.29, 1.82) is 0 Å². The summed E-state index contributed by atoms with van der Waals surface area (Å²) in [6.07, 6.45) is 11.7. The lowest BCUT2D eigenvalue weighted by Crippen LogP contribution is -2.24. The molecular formula is C27H28O3. The van der Waals surface area contributed by atoms with E-state index in [1.165, 1.54) is 0 Å². The number of ether oxygens (including phenoxy) is 1. The fourth-order valence-electron chi connectivity index (χ4n) is 3.65. The number of allylic oxidation sites excluding steroid dienone is 4. The molecular weight excluding hydrogens is 372 g/mol. The van der Waals surface area contributed by atoms with Crippen molar-refractivity contribution in [2.75, 3.05) is 6.61 Å². The molecule has 154 valence electrons. The minimum absolute atomic E-state index is 0.0802. The average molecular weight is 401 g/mol. The van der Waals surface area contributed by atoms with Gasteiger partial charge >= 0.3 is 5.97 Å². The van der Waals surface area contributed by atoms with Gasteiger partial charge in [0.05, 0.1) is 6.42 Å². The molecule has 0 fully saturated rings. The first-order valence-corrected chi connectivity index (χ1v) is 10.5. The number of carbonyl (C=O) groups excluding carboxylic acids is 2. The summed E-state index contributed by atoms with van der Waals surface area (Å²) in [4.78, 5) is 25.6. The fraction of sp³-hybridized carbons (Fsp3) is 0.259. The van der Waals surface area contributed by atoms with Crippen LogP contribution in [0.4, 0.5) is 0 Å². The quantitative estimate of drug-likeness (QED) is 0.492. The van der Waals surface area contributed by atoms with Crippen LogP contribution in [0.2, 0.25) is 0 Å². The van der Waals surface area contributed by atoms with Crippen molar-refractivity contribution in [2.24, 2.45) is 5.92 Å². The molecule has 3 heteroatoms. The summed E-state index contributed by atoms with van der Waals surface area (Å²) in [5, 5.41) is 0. The van der Waals surface area contributed by atoms with Gasteiger partial charge in [-0.3, -0.25) is 9.59 Å². The molecule has 1 aliphatic rings. The molecule has 0 saturated heterocycles. The Morgan fingerprint density at radius 1 is 1.00 bits per heavy atom. The topological polar surface area (TPSA) is 43.4 Å². The molecule has 0 N–H and O–H groups in total. The number of hydrogen-bond acceptors (Lipinski definition) is 3. The van der Waals surface area contributed by atoms with Crippen LogP contribution in [0.5, 0.6) is 0 Å². The van der Waals surface area contributed by atoms with Crippen LogP contribution >= 0.6 is 0 Å². The number of esters is 1.